The van der Waals surface area contributed by atoms with E-state index < -0.39 is 0 Å². The second kappa shape index (κ2) is 7.08. The van der Waals surface area contributed by atoms with Gasteiger partial charge in [0.1, 0.15) is 0 Å². The zero-order valence-electron chi connectivity index (χ0n) is 13.4. The molecular formula is C18H27NO2. The standard InChI is InChI=1S/C18H27NO2/c1-13-8-9-16(11-14(13)2)18(21)19-10-6-4-5-7-17(19)12-15(3)20/h8-9,11,15,17,20H,4-7,10,12H2,1-3H3. The van der Waals surface area contributed by atoms with Gasteiger partial charge in [0.2, 0.25) is 0 Å². The summed E-state index contributed by atoms with van der Waals surface area (Å²) in [5.74, 6) is 0.116. The Kier molecular flexibility index (Phi) is 5.40. The monoisotopic (exact) mass is 289 g/mol. The van der Waals surface area contributed by atoms with Gasteiger partial charge < -0.3 is 10.0 Å². The SMILES string of the molecule is Cc1ccc(C(=O)N2CCCCCC2CC(C)O)cc1C. The summed E-state index contributed by atoms with van der Waals surface area (Å²) in [5, 5.41) is 9.71. The maximum Gasteiger partial charge on any atom is 0.254 e. The molecule has 2 rings (SSSR count). The molecule has 1 fully saturated rings. The molecule has 1 heterocycles. The summed E-state index contributed by atoms with van der Waals surface area (Å²) in [6.07, 6.45) is 4.70. The number of likely N-dealkylation sites (tertiary alicyclic amines) is 1. The van der Waals surface area contributed by atoms with E-state index in [1.807, 2.05) is 36.9 Å². The van der Waals surface area contributed by atoms with E-state index in [0.29, 0.717) is 6.42 Å². The molecular weight excluding hydrogens is 262 g/mol. The highest BCUT2D eigenvalue weighted by atomic mass is 16.3. The van der Waals surface area contributed by atoms with Gasteiger partial charge in [-0.05, 0) is 63.3 Å². The third-order valence-electron chi connectivity index (χ3n) is 4.51. The zero-order valence-corrected chi connectivity index (χ0v) is 13.4. The van der Waals surface area contributed by atoms with Gasteiger partial charge in [0.25, 0.3) is 5.91 Å². The summed E-state index contributed by atoms with van der Waals surface area (Å²) in [6, 6.07) is 6.10. The molecule has 0 saturated carbocycles. The maximum atomic E-state index is 12.9. The summed E-state index contributed by atoms with van der Waals surface area (Å²) in [5.41, 5.74) is 3.14. The Morgan fingerprint density at radius 3 is 2.71 bits per heavy atom. The molecule has 2 unspecified atom stereocenters. The Labute approximate surface area is 128 Å². The van der Waals surface area contributed by atoms with E-state index >= 15 is 0 Å². The molecule has 1 amide bonds. The number of aliphatic hydroxyl groups is 1. The predicted molar refractivity (Wildman–Crippen MR) is 85.5 cm³/mol. The Bertz CT molecular complexity index is 496. The zero-order chi connectivity index (χ0) is 15.4. The lowest BCUT2D eigenvalue weighted by Gasteiger charge is -2.31. The molecule has 21 heavy (non-hydrogen) atoms. The van der Waals surface area contributed by atoms with E-state index in [0.717, 1.165) is 36.9 Å². The summed E-state index contributed by atoms with van der Waals surface area (Å²) >= 11 is 0. The second-order valence-electron chi connectivity index (χ2n) is 6.39. The summed E-state index contributed by atoms with van der Waals surface area (Å²) in [7, 11) is 0. The number of aryl methyl sites for hydroxylation is 2. The summed E-state index contributed by atoms with van der Waals surface area (Å²) < 4.78 is 0. The Morgan fingerprint density at radius 1 is 1.29 bits per heavy atom. The molecule has 0 radical (unpaired) electrons. The average molecular weight is 289 g/mol. The van der Waals surface area contributed by atoms with Crippen molar-refractivity contribution in [1.29, 1.82) is 0 Å². The van der Waals surface area contributed by atoms with Gasteiger partial charge in [-0.3, -0.25) is 4.79 Å². The lowest BCUT2D eigenvalue weighted by molar-refractivity contribution is 0.0607. The Balaban J connectivity index is 2.21. The molecule has 1 aliphatic heterocycles. The van der Waals surface area contributed by atoms with Gasteiger partial charge in [-0.25, -0.2) is 0 Å². The molecule has 1 saturated heterocycles. The fourth-order valence-corrected chi connectivity index (χ4v) is 3.12. The van der Waals surface area contributed by atoms with Crippen molar-refractivity contribution in [2.75, 3.05) is 6.54 Å². The highest BCUT2D eigenvalue weighted by molar-refractivity contribution is 5.94. The van der Waals surface area contributed by atoms with Crippen molar-refractivity contribution in [3.8, 4) is 0 Å². The van der Waals surface area contributed by atoms with Crippen LogP contribution in [0.4, 0.5) is 0 Å². The van der Waals surface area contributed by atoms with Crippen LogP contribution in [-0.4, -0.2) is 34.6 Å². The predicted octanol–water partition coefficient (Wildman–Crippen LogP) is 3.46. The average Bonchev–Trinajstić information content (AvgIpc) is 2.66. The molecule has 2 atom stereocenters. The highest BCUT2D eigenvalue weighted by Gasteiger charge is 2.27. The third-order valence-corrected chi connectivity index (χ3v) is 4.51. The van der Waals surface area contributed by atoms with Gasteiger partial charge >= 0.3 is 0 Å². The number of nitrogens with zero attached hydrogens (tertiary/aromatic N) is 1. The molecule has 0 bridgehead atoms. The molecule has 0 aromatic heterocycles. The van der Waals surface area contributed by atoms with Crippen LogP contribution in [0.2, 0.25) is 0 Å². The van der Waals surface area contributed by atoms with Crippen molar-refractivity contribution in [2.45, 2.75) is 65.0 Å². The molecule has 3 heteroatoms. The van der Waals surface area contributed by atoms with Crippen LogP contribution < -0.4 is 0 Å². The number of amides is 1. The lowest BCUT2D eigenvalue weighted by atomic mass is 10.0. The number of hydrogen-bond donors (Lipinski definition) is 1. The van der Waals surface area contributed by atoms with Crippen LogP contribution in [0.3, 0.4) is 0 Å². The van der Waals surface area contributed by atoms with Gasteiger partial charge in [0.15, 0.2) is 0 Å². The van der Waals surface area contributed by atoms with Crippen LogP contribution in [0, 0.1) is 13.8 Å². The van der Waals surface area contributed by atoms with Crippen LogP contribution in [-0.2, 0) is 0 Å². The maximum absolute atomic E-state index is 12.9. The summed E-state index contributed by atoms with van der Waals surface area (Å²) in [6.45, 7) is 6.72. The number of carbonyl (C=O) groups is 1. The minimum atomic E-state index is -0.358. The Morgan fingerprint density at radius 2 is 2.05 bits per heavy atom. The van der Waals surface area contributed by atoms with Crippen molar-refractivity contribution < 1.29 is 9.90 Å². The topological polar surface area (TPSA) is 40.5 Å². The van der Waals surface area contributed by atoms with Crippen molar-refractivity contribution >= 4 is 5.91 Å². The van der Waals surface area contributed by atoms with Gasteiger partial charge in [0, 0.05) is 18.2 Å². The summed E-state index contributed by atoms with van der Waals surface area (Å²) in [4.78, 5) is 14.8. The number of benzene rings is 1. The van der Waals surface area contributed by atoms with Crippen molar-refractivity contribution in [3.63, 3.8) is 0 Å². The molecule has 116 valence electrons. The molecule has 1 aromatic carbocycles. The molecule has 1 aliphatic rings. The van der Waals surface area contributed by atoms with Crippen molar-refractivity contribution in [3.05, 3.63) is 34.9 Å². The lowest BCUT2D eigenvalue weighted by Crippen LogP contribution is -2.41. The van der Waals surface area contributed by atoms with Gasteiger partial charge in [-0.15, -0.1) is 0 Å². The van der Waals surface area contributed by atoms with Crippen LogP contribution >= 0.6 is 0 Å². The minimum Gasteiger partial charge on any atom is -0.393 e. The van der Waals surface area contributed by atoms with Crippen LogP contribution in [0.25, 0.3) is 0 Å². The molecule has 0 aliphatic carbocycles. The fourth-order valence-electron chi connectivity index (χ4n) is 3.12. The molecule has 3 nitrogen and oxygen atoms in total. The first-order valence-electron chi connectivity index (χ1n) is 8.05. The molecule has 1 aromatic rings. The van der Waals surface area contributed by atoms with Crippen molar-refractivity contribution in [1.82, 2.24) is 4.90 Å². The Hall–Kier alpha value is -1.35. The number of carbonyl (C=O) groups excluding carboxylic acids is 1. The van der Waals surface area contributed by atoms with Crippen LogP contribution in [0.1, 0.15) is 60.5 Å². The number of aliphatic hydroxyl groups excluding tert-OH is 1. The molecule has 0 spiro atoms. The quantitative estimate of drug-likeness (QED) is 0.925. The van der Waals surface area contributed by atoms with Gasteiger partial charge in [0.05, 0.1) is 6.10 Å². The van der Waals surface area contributed by atoms with E-state index in [9.17, 15) is 9.90 Å². The minimum absolute atomic E-state index is 0.116. The van der Waals surface area contributed by atoms with E-state index in [2.05, 4.69) is 6.92 Å². The van der Waals surface area contributed by atoms with Crippen LogP contribution in [0.15, 0.2) is 18.2 Å². The molecule has 1 N–H and O–H groups in total. The van der Waals surface area contributed by atoms with E-state index in [-0.39, 0.29) is 18.1 Å². The first-order chi connectivity index (χ1) is 9.99. The van der Waals surface area contributed by atoms with Crippen LogP contribution in [0.5, 0.6) is 0 Å². The van der Waals surface area contributed by atoms with E-state index in [1.54, 1.807) is 0 Å². The second-order valence-corrected chi connectivity index (χ2v) is 6.39. The van der Waals surface area contributed by atoms with E-state index in [1.165, 1.54) is 12.0 Å². The third kappa shape index (κ3) is 4.07. The highest BCUT2D eigenvalue weighted by Crippen LogP contribution is 2.23. The van der Waals surface area contributed by atoms with Gasteiger partial charge in [-0.1, -0.05) is 18.9 Å². The number of hydrogen-bond acceptors (Lipinski definition) is 2. The smallest absolute Gasteiger partial charge is 0.254 e. The van der Waals surface area contributed by atoms with E-state index in [4.69, 9.17) is 0 Å². The normalized spacial score (nSPS) is 21.0. The van der Waals surface area contributed by atoms with Gasteiger partial charge in [-0.2, -0.15) is 0 Å². The van der Waals surface area contributed by atoms with Crippen molar-refractivity contribution in [2.24, 2.45) is 0 Å². The first-order valence-corrected chi connectivity index (χ1v) is 8.05. The number of rotatable bonds is 3. The first kappa shape index (κ1) is 16.0. The largest absolute Gasteiger partial charge is 0.393 e. The fraction of sp³-hybridized carbons (Fsp3) is 0.611.